The average molecular weight is 243 g/mol. The molecular weight excluding hydrogens is 228 g/mol. The number of piperidine rings is 1. The first-order valence-electron chi connectivity index (χ1n) is 5.33. The van der Waals surface area contributed by atoms with Crippen molar-refractivity contribution in [1.29, 1.82) is 0 Å². The van der Waals surface area contributed by atoms with Gasteiger partial charge in [0.05, 0.1) is 10.6 Å². The number of likely N-dealkylation sites (tertiary alicyclic amines) is 1. The summed E-state index contributed by atoms with van der Waals surface area (Å²) in [4.78, 5) is 16.5. The van der Waals surface area contributed by atoms with Crippen LogP contribution in [0.15, 0.2) is 12.3 Å². The molecule has 1 aliphatic rings. The summed E-state index contributed by atoms with van der Waals surface area (Å²) >= 11 is 5.75. The van der Waals surface area contributed by atoms with Crippen molar-refractivity contribution < 1.29 is 9.90 Å². The predicted molar refractivity (Wildman–Crippen MR) is 61.6 cm³/mol. The lowest BCUT2D eigenvalue weighted by Crippen LogP contribution is -2.48. The summed E-state index contributed by atoms with van der Waals surface area (Å²) in [6, 6.07) is 1.60. The summed E-state index contributed by atoms with van der Waals surface area (Å²) in [6.07, 6.45) is 3.15. The topological polar surface area (TPSA) is 56.3 Å². The second-order valence-electron chi connectivity index (χ2n) is 4.56. The lowest BCUT2D eigenvalue weighted by Gasteiger charge is -2.36. The smallest absolute Gasteiger partial charge is 0.270 e. The van der Waals surface area contributed by atoms with E-state index in [1.165, 1.54) is 0 Å². The molecule has 0 bridgehead atoms. The third-order valence-electron chi connectivity index (χ3n) is 2.84. The molecule has 1 amide bonds. The van der Waals surface area contributed by atoms with Gasteiger partial charge in [-0.15, -0.1) is 0 Å². The van der Waals surface area contributed by atoms with Gasteiger partial charge in [0.15, 0.2) is 0 Å². The third-order valence-corrected chi connectivity index (χ3v) is 3.06. The van der Waals surface area contributed by atoms with E-state index in [0.29, 0.717) is 23.8 Å². The number of amides is 1. The minimum atomic E-state index is -0.774. The van der Waals surface area contributed by atoms with Crippen molar-refractivity contribution in [2.24, 2.45) is 0 Å². The fourth-order valence-corrected chi connectivity index (χ4v) is 2.22. The van der Waals surface area contributed by atoms with Crippen molar-refractivity contribution >= 4 is 17.5 Å². The fourth-order valence-electron chi connectivity index (χ4n) is 2.06. The zero-order chi connectivity index (χ0) is 11.8. The number of nitrogens with zero attached hydrogens (tertiary/aromatic N) is 1. The second-order valence-corrected chi connectivity index (χ2v) is 5.00. The van der Waals surface area contributed by atoms with Crippen LogP contribution in [0.5, 0.6) is 0 Å². The van der Waals surface area contributed by atoms with Gasteiger partial charge in [-0.05, 0) is 25.8 Å². The zero-order valence-electron chi connectivity index (χ0n) is 9.16. The number of hydrogen-bond acceptors (Lipinski definition) is 2. The minimum Gasteiger partial charge on any atom is -0.388 e. The second kappa shape index (κ2) is 4.11. The first kappa shape index (κ1) is 11.5. The number of aromatic nitrogens is 1. The summed E-state index contributed by atoms with van der Waals surface area (Å²) < 4.78 is 0. The zero-order valence-corrected chi connectivity index (χ0v) is 9.92. The molecule has 5 heteroatoms. The monoisotopic (exact) mass is 242 g/mol. The number of rotatable bonds is 1. The van der Waals surface area contributed by atoms with Crippen LogP contribution < -0.4 is 0 Å². The fraction of sp³-hybridized carbons (Fsp3) is 0.545. The number of carbonyl (C=O) groups is 1. The van der Waals surface area contributed by atoms with Gasteiger partial charge in [-0.1, -0.05) is 11.6 Å². The first-order valence-corrected chi connectivity index (χ1v) is 5.71. The summed E-state index contributed by atoms with van der Waals surface area (Å²) in [5.41, 5.74) is -0.299. The van der Waals surface area contributed by atoms with Crippen molar-refractivity contribution in [1.82, 2.24) is 9.88 Å². The van der Waals surface area contributed by atoms with E-state index >= 15 is 0 Å². The van der Waals surface area contributed by atoms with Gasteiger partial charge in [-0.25, -0.2) is 0 Å². The molecule has 4 nitrogen and oxygen atoms in total. The highest BCUT2D eigenvalue weighted by Gasteiger charge is 2.31. The average Bonchev–Trinajstić information content (AvgIpc) is 2.62. The van der Waals surface area contributed by atoms with Gasteiger partial charge in [0.1, 0.15) is 5.69 Å². The van der Waals surface area contributed by atoms with Crippen molar-refractivity contribution in [2.45, 2.75) is 25.4 Å². The van der Waals surface area contributed by atoms with Crippen LogP contribution in [0.25, 0.3) is 0 Å². The molecule has 1 aromatic heterocycles. The number of hydrogen-bond donors (Lipinski definition) is 2. The third kappa shape index (κ3) is 2.39. The molecular formula is C11H15ClN2O2. The summed E-state index contributed by atoms with van der Waals surface area (Å²) in [7, 11) is 0. The molecule has 2 heterocycles. The molecule has 1 unspecified atom stereocenters. The van der Waals surface area contributed by atoms with Crippen LogP contribution in [-0.2, 0) is 0 Å². The normalized spacial score (nSPS) is 25.8. The lowest BCUT2D eigenvalue weighted by atomic mass is 9.95. The first-order chi connectivity index (χ1) is 7.48. The number of nitrogens with one attached hydrogen (secondary N) is 1. The maximum absolute atomic E-state index is 12.0. The van der Waals surface area contributed by atoms with Crippen LogP contribution in [0.4, 0.5) is 0 Å². The Morgan fingerprint density at radius 3 is 3.00 bits per heavy atom. The van der Waals surface area contributed by atoms with Gasteiger partial charge in [0.25, 0.3) is 5.91 Å². The SMILES string of the molecule is CC1(O)CCCN(C(=O)c2cc(Cl)c[nH]2)C1. The Labute approximate surface area is 99.2 Å². The summed E-state index contributed by atoms with van der Waals surface area (Å²) in [5.74, 6) is -0.105. The molecule has 16 heavy (non-hydrogen) atoms. The van der Waals surface area contributed by atoms with E-state index in [1.54, 1.807) is 24.1 Å². The van der Waals surface area contributed by atoms with Crippen molar-refractivity contribution in [3.8, 4) is 0 Å². The molecule has 0 aliphatic carbocycles. The van der Waals surface area contributed by atoms with Crippen molar-refractivity contribution in [3.63, 3.8) is 0 Å². The number of H-pyrrole nitrogens is 1. The molecule has 1 atom stereocenters. The predicted octanol–water partition coefficient (Wildman–Crippen LogP) is 1.66. The van der Waals surface area contributed by atoms with Crippen LogP contribution in [0.2, 0.25) is 5.02 Å². The van der Waals surface area contributed by atoms with E-state index in [1.807, 2.05) is 0 Å². The Morgan fingerprint density at radius 2 is 2.44 bits per heavy atom. The Kier molecular flexibility index (Phi) is 2.95. The van der Waals surface area contributed by atoms with E-state index in [-0.39, 0.29) is 5.91 Å². The highest BCUT2D eigenvalue weighted by Crippen LogP contribution is 2.22. The number of carbonyl (C=O) groups excluding carboxylic acids is 1. The van der Waals surface area contributed by atoms with Crippen LogP contribution in [0.1, 0.15) is 30.3 Å². The van der Waals surface area contributed by atoms with Crippen molar-refractivity contribution in [2.75, 3.05) is 13.1 Å². The van der Waals surface area contributed by atoms with Crippen LogP contribution in [-0.4, -0.2) is 39.6 Å². The highest BCUT2D eigenvalue weighted by molar-refractivity contribution is 6.30. The number of aromatic amines is 1. The minimum absolute atomic E-state index is 0.105. The standard InChI is InChI=1S/C11H15ClN2O2/c1-11(16)3-2-4-14(7-11)10(15)9-5-8(12)6-13-9/h5-6,13,16H,2-4,7H2,1H3. The molecule has 2 N–H and O–H groups in total. The molecule has 2 rings (SSSR count). The Morgan fingerprint density at radius 1 is 1.69 bits per heavy atom. The largest absolute Gasteiger partial charge is 0.388 e. The van der Waals surface area contributed by atoms with Gasteiger partial charge in [-0.2, -0.15) is 0 Å². The maximum atomic E-state index is 12.0. The van der Waals surface area contributed by atoms with E-state index < -0.39 is 5.60 Å². The highest BCUT2D eigenvalue weighted by atomic mass is 35.5. The van der Waals surface area contributed by atoms with Gasteiger partial charge in [-0.3, -0.25) is 4.79 Å². The molecule has 1 fully saturated rings. The number of aliphatic hydroxyl groups is 1. The number of β-amino-alcohol motifs (C(OH)–C–C–N with tert-alkyl or cyclic N) is 1. The van der Waals surface area contributed by atoms with Gasteiger partial charge in [0.2, 0.25) is 0 Å². The molecule has 0 radical (unpaired) electrons. The lowest BCUT2D eigenvalue weighted by molar-refractivity contribution is -0.0109. The summed E-state index contributed by atoms with van der Waals surface area (Å²) in [6.45, 7) is 2.82. The van der Waals surface area contributed by atoms with Gasteiger partial charge >= 0.3 is 0 Å². The molecule has 1 aliphatic heterocycles. The molecule has 1 aromatic rings. The molecule has 0 aromatic carbocycles. The van der Waals surface area contributed by atoms with E-state index in [2.05, 4.69) is 4.98 Å². The van der Waals surface area contributed by atoms with Crippen LogP contribution in [0.3, 0.4) is 0 Å². The molecule has 1 saturated heterocycles. The Bertz CT molecular complexity index is 400. The van der Waals surface area contributed by atoms with Crippen LogP contribution >= 0.6 is 11.6 Å². The van der Waals surface area contributed by atoms with E-state index in [0.717, 1.165) is 12.8 Å². The molecule has 0 spiro atoms. The van der Waals surface area contributed by atoms with E-state index in [9.17, 15) is 9.90 Å². The maximum Gasteiger partial charge on any atom is 0.270 e. The Hall–Kier alpha value is -1.00. The van der Waals surface area contributed by atoms with Gasteiger partial charge in [0, 0.05) is 19.3 Å². The summed E-state index contributed by atoms with van der Waals surface area (Å²) in [5, 5.41) is 10.4. The quantitative estimate of drug-likeness (QED) is 0.787. The van der Waals surface area contributed by atoms with Crippen molar-refractivity contribution in [3.05, 3.63) is 23.0 Å². The Balaban J connectivity index is 2.10. The molecule has 0 saturated carbocycles. The van der Waals surface area contributed by atoms with Crippen LogP contribution in [0, 0.1) is 0 Å². The van der Waals surface area contributed by atoms with Gasteiger partial charge < -0.3 is 15.0 Å². The number of halogens is 1. The van der Waals surface area contributed by atoms with E-state index in [4.69, 9.17) is 11.6 Å². The molecule has 88 valence electrons.